The van der Waals surface area contributed by atoms with Gasteiger partial charge in [0.05, 0.1) is 6.54 Å². The van der Waals surface area contributed by atoms with Crippen molar-refractivity contribution in [3.05, 3.63) is 46.5 Å². The zero-order valence-electron chi connectivity index (χ0n) is 13.5. The Balaban J connectivity index is 0.00000484. The molecule has 0 bridgehead atoms. The average molecular weight is 495 g/mol. The highest BCUT2D eigenvalue weighted by atomic mass is 127. The fourth-order valence-corrected chi connectivity index (χ4v) is 2.14. The lowest BCUT2D eigenvalue weighted by atomic mass is 10.2. The molecule has 0 fully saturated rings. The summed E-state index contributed by atoms with van der Waals surface area (Å²) < 4.78 is 1.00. The molecule has 0 aliphatic carbocycles. The Morgan fingerprint density at radius 3 is 2.70 bits per heavy atom. The van der Waals surface area contributed by atoms with Crippen LogP contribution in [0.2, 0.25) is 0 Å². The highest BCUT2D eigenvalue weighted by Gasteiger charge is 2.10. The molecule has 128 valence electrons. The van der Waals surface area contributed by atoms with Gasteiger partial charge in [-0.25, -0.2) is 4.99 Å². The summed E-state index contributed by atoms with van der Waals surface area (Å²) in [5.41, 5.74) is 7.71. The summed E-state index contributed by atoms with van der Waals surface area (Å²) in [5, 5.41) is 2.93. The normalized spacial score (nSPS) is 10.7. The third-order valence-corrected chi connectivity index (χ3v) is 3.73. The minimum atomic E-state index is 0. The summed E-state index contributed by atoms with van der Waals surface area (Å²) in [4.78, 5) is 17.9. The maximum atomic E-state index is 12.1. The number of hydrogen-bond donors (Lipinski definition) is 2. The Labute approximate surface area is 163 Å². The van der Waals surface area contributed by atoms with Crippen LogP contribution in [0.15, 0.2) is 45.9 Å². The lowest BCUT2D eigenvalue weighted by Crippen LogP contribution is -2.36. The van der Waals surface area contributed by atoms with Crippen molar-refractivity contribution < 1.29 is 4.79 Å². The molecule has 5 nitrogen and oxygen atoms in total. The molecule has 7 heteroatoms. The van der Waals surface area contributed by atoms with Gasteiger partial charge in [-0.15, -0.1) is 24.0 Å². The molecule has 0 aromatic heterocycles. The molecule has 0 saturated carbocycles. The van der Waals surface area contributed by atoms with Crippen LogP contribution in [0.1, 0.15) is 18.9 Å². The number of nitrogens with zero attached hydrogens (tertiary/aromatic N) is 2. The zero-order chi connectivity index (χ0) is 16.5. The fourth-order valence-electron chi connectivity index (χ4n) is 1.73. The van der Waals surface area contributed by atoms with Gasteiger partial charge in [-0.3, -0.25) is 4.79 Å². The number of rotatable bonds is 7. The maximum absolute atomic E-state index is 12.1. The smallest absolute Gasteiger partial charge is 0.224 e. The van der Waals surface area contributed by atoms with Crippen molar-refractivity contribution >= 4 is 51.8 Å². The largest absolute Gasteiger partial charge is 0.370 e. The molecular formula is C16H24BrIN4O. The molecule has 3 N–H and O–H groups in total. The van der Waals surface area contributed by atoms with E-state index in [0.29, 0.717) is 32.0 Å². The second kappa shape index (κ2) is 11.4. The number of aliphatic imine (C=N–C) groups is 1. The monoisotopic (exact) mass is 494 g/mol. The lowest BCUT2D eigenvalue weighted by Gasteiger charge is -2.18. The topological polar surface area (TPSA) is 70.7 Å². The van der Waals surface area contributed by atoms with Crippen molar-refractivity contribution in [2.45, 2.75) is 19.9 Å². The van der Waals surface area contributed by atoms with Gasteiger partial charge in [0, 0.05) is 31.0 Å². The molecule has 0 spiro atoms. The number of benzene rings is 1. The Morgan fingerprint density at radius 1 is 1.43 bits per heavy atom. The Bertz CT molecular complexity index is 563. The van der Waals surface area contributed by atoms with E-state index in [1.54, 1.807) is 11.9 Å². The van der Waals surface area contributed by atoms with E-state index in [-0.39, 0.29) is 29.9 Å². The number of carbonyl (C=O) groups excluding carboxylic acids is 1. The number of carbonyl (C=O) groups is 1. The van der Waals surface area contributed by atoms with Gasteiger partial charge in [0.15, 0.2) is 5.96 Å². The van der Waals surface area contributed by atoms with Gasteiger partial charge in [0.2, 0.25) is 5.91 Å². The second-order valence-electron chi connectivity index (χ2n) is 5.18. The van der Waals surface area contributed by atoms with E-state index in [9.17, 15) is 4.79 Å². The van der Waals surface area contributed by atoms with Crippen LogP contribution >= 0.6 is 39.9 Å². The molecule has 0 unspecified atom stereocenters. The van der Waals surface area contributed by atoms with Crippen LogP contribution in [-0.2, 0) is 11.3 Å². The third kappa shape index (κ3) is 8.95. The van der Waals surface area contributed by atoms with Crippen LogP contribution < -0.4 is 11.1 Å². The van der Waals surface area contributed by atoms with E-state index in [1.165, 1.54) is 0 Å². The van der Waals surface area contributed by atoms with E-state index < -0.39 is 0 Å². The summed E-state index contributed by atoms with van der Waals surface area (Å²) in [6, 6.07) is 7.87. The Hall–Kier alpha value is -1.09. The van der Waals surface area contributed by atoms with Crippen LogP contribution in [-0.4, -0.2) is 36.9 Å². The van der Waals surface area contributed by atoms with Crippen LogP contribution in [0, 0.1) is 0 Å². The van der Waals surface area contributed by atoms with Crippen molar-refractivity contribution in [1.82, 2.24) is 10.2 Å². The fraction of sp³-hybridized carbons (Fsp3) is 0.375. The highest BCUT2D eigenvalue weighted by Crippen LogP contribution is 2.17. The molecule has 0 aliphatic rings. The van der Waals surface area contributed by atoms with Crippen molar-refractivity contribution in [3.8, 4) is 0 Å². The van der Waals surface area contributed by atoms with Crippen molar-refractivity contribution in [1.29, 1.82) is 0 Å². The Morgan fingerprint density at radius 2 is 2.09 bits per heavy atom. The molecule has 0 heterocycles. The number of nitrogens with two attached hydrogens (primary N) is 1. The minimum absolute atomic E-state index is 0. The third-order valence-electron chi connectivity index (χ3n) is 2.96. The first-order valence-electron chi connectivity index (χ1n) is 7.05. The molecule has 1 aromatic carbocycles. The number of amides is 1. The summed E-state index contributed by atoms with van der Waals surface area (Å²) in [7, 11) is 1.79. The van der Waals surface area contributed by atoms with Crippen LogP contribution in [0.3, 0.4) is 0 Å². The van der Waals surface area contributed by atoms with Gasteiger partial charge in [-0.05, 0) is 18.6 Å². The van der Waals surface area contributed by atoms with Crippen LogP contribution in [0.25, 0.3) is 0 Å². The van der Waals surface area contributed by atoms with Crippen LogP contribution in [0.4, 0.5) is 0 Å². The first-order valence-corrected chi connectivity index (χ1v) is 7.85. The first-order chi connectivity index (χ1) is 10.4. The second-order valence-corrected chi connectivity index (χ2v) is 6.03. The van der Waals surface area contributed by atoms with Crippen molar-refractivity contribution in [2.75, 3.05) is 20.1 Å². The molecule has 1 aromatic rings. The molecule has 23 heavy (non-hydrogen) atoms. The van der Waals surface area contributed by atoms with Gasteiger partial charge in [-0.2, -0.15) is 0 Å². The molecule has 1 rings (SSSR count). The summed E-state index contributed by atoms with van der Waals surface area (Å²) in [5.74, 6) is 0.389. The predicted molar refractivity (Wildman–Crippen MR) is 110 cm³/mol. The van der Waals surface area contributed by atoms with Crippen molar-refractivity contribution in [2.24, 2.45) is 10.7 Å². The minimum Gasteiger partial charge on any atom is -0.370 e. The van der Waals surface area contributed by atoms with E-state index in [2.05, 4.69) is 32.8 Å². The van der Waals surface area contributed by atoms with Gasteiger partial charge in [-0.1, -0.05) is 46.3 Å². The molecule has 1 amide bonds. The summed E-state index contributed by atoms with van der Waals surface area (Å²) >= 11 is 3.48. The summed E-state index contributed by atoms with van der Waals surface area (Å²) in [6.07, 6.45) is 0.365. The quantitative estimate of drug-likeness (QED) is 0.265. The van der Waals surface area contributed by atoms with Gasteiger partial charge in [0.25, 0.3) is 0 Å². The molecular weight excluding hydrogens is 471 g/mol. The molecule has 0 radical (unpaired) electrons. The lowest BCUT2D eigenvalue weighted by molar-refractivity contribution is -0.130. The number of hydrogen-bond acceptors (Lipinski definition) is 2. The first kappa shape index (κ1) is 21.9. The number of halogens is 2. The van der Waals surface area contributed by atoms with Crippen LogP contribution in [0.5, 0.6) is 0 Å². The van der Waals surface area contributed by atoms with E-state index >= 15 is 0 Å². The molecule has 0 aliphatic heterocycles. The average Bonchev–Trinajstić information content (AvgIpc) is 2.47. The van der Waals surface area contributed by atoms with E-state index in [1.807, 2.05) is 31.2 Å². The highest BCUT2D eigenvalue weighted by molar-refractivity contribution is 14.0. The predicted octanol–water partition coefficient (Wildman–Crippen LogP) is 2.90. The van der Waals surface area contributed by atoms with Crippen molar-refractivity contribution in [3.63, 3.8) is 0 Å². The maximum Gasteiger partial charge on any atom is 0.224 e. The van der Waals surface area contributed by atoms with Gasteiger partial charge >= 0.3 is 0 Å². The van der Waals surface area contributed by atoms with Gasteiger partial charge < -0.3 is 16.0 Å². The molecule has 0 atom stereocenters. The van der Waals surface area contributed by atoms with E-state index in [4.69, 9.17) is 5.73 Å². The molecule has 0 saturated heterocycles. The Kier molecular flexibility index (Phi) is 10.9. The standard InChI is InChI=1S/C16H23BrN4O.HI/c1-12(2)10-20-16(18)19-9-8-15(22)21(3)11-13-6-4-5-7-14(13)17;/h4-7H,1,8-11H2,2-3H3,(H3,18,19,20);1H. The zero-order valence-corrected chi connectivity index (χ0v) is 17.4. The van der Waals surface area contributed by atoms with Gasteiger partial charge in [0.1, 0.15) is 0 Å². The summed E-state index contributed by atoms with van der Waals surface area (Å²) in [6.45, 7) is 7.16. The number of nitrogens with one attached hydrogen (secondary N) is 1. The SMILES string of the molecule is C=C(C)CN=C(N)NCCC(=O)N(C)Cc1ccccc1Br.I. The number of guanidine groups is 1. The van der Waals surface area contributed by atoms with E-state index in [0.717, 1.165) is 15.6 Å².